The van der Waals surface area contributed by atoms with Gasteiger partial charge in [-0.05, 0) is 64.9 Å². The van der Waals surface area contributed by atoms with Crippen LogP contribution in [-0.2, 0) is 32.2 Å². The summed E-state index contributed by atoms with van der Waals surface area (Å²) in [5.41, 5.74) is 12.9. The molecule has 0 spiro atoms. The second-order valence-corrected chi connectivity index (χ2v) is 13.8. The summed E-state index contributed by atoms with van der Waals surface area (Å²) in [6.45, 7) is 0.391. The van der Waals surface area contributed by atoms with E-state index in [9.17, 15) is 14.7 Å². The fourth-order valence-corrected chi connectivity index (χ4v) is 6.97. The molecule has 9 nitrogen and oxygen atoms in total. The van der Waals surface area contributed by atoms with Crippen LogP contribution in [0.4, 0.5) is 11.4 Å². The van der Waals surface area contributed by atoms with Gasteiger partial charge in [-0.1, -0.05) is 91.0 Å². The van der Waals surface area contributed by atoms with Crippen LogP contribution in [0.3, 0.4) is 0 Å². The highest BCUT2D eigenvalue weighted by Crippen LogP contribution is 2.40. The molecule has 6 rings (SSSR count). The van der Waals surface area contributed by atoms with Crippen molar-refractivity contribution in [3.8, 4) is 11.1 Å². The Bertz CT molecular complexity index is 1910. The number of aromatic nitrogens is 1. The number of nitrogens with one attached hydrogen (secondary N) is 2. The summed E-state index contributed by atoms with van der Waals surface area (Å²) in [6, 6.07) is 37.2. The van der Waals surface area contributed by atoms with Crippen molar-refractivity contribution in [3.63, 3.8) is 0 Å². The number of aliphatic hydroxyl groups is 1. The number of nitrogens with two attached hydrogens (primary N) is 1. The number of aliphatic hydroxyl groups excluding tert-OH is 1. The third kappa shape index (κ3) is 10.3. The topological polar surface area (TPSA) is 136 Å². The highest BCUT2D eigenvalue weighted by Gasteiger charge is 2.32. The number of para-hydroxylation sites is 2. The number of pyridine rings is 1. The van der Waals surface area contributed by atoms with Crippen molar-refractivity contribution in [1.82, 2.24) is 10.3 Å². The van der Waals surface area contributed by atoms with Gasteiger partial charge >= 0.3 is 0 Å². The minimum absolute atomic E-state index is 0.00326. The molecule has 2 amide bonds. The molecule has 0 radical (unpaired) electrons. The lowest BCUT2D eigenvalue weighted by Crippen LogP contribution is -2.31. The van der Waals surface area contributed by atoms with Crippen molar-refractivity contribution >= 4 is 35.0 Å². The number of anilines is 2. The van der Waals surface area contributed by atoms with Gasteiger partial charge in [-0.25, -0.2) is 4.98 Å². The van der Waals surface area contributed by atoms with Gasteiger partial charge in [0.2, 0.25) is 11.8 Å². The fourth-order valence-electron chi connectivity index (χ4n) is 6.09. The number of nitrogens with zero attached hydrogens (tertiary/aromatic N) is 1. The number of hydrogen-bond donors (Lipinski definition) is 4. The summed E-state index contributed by atoms with van der Waals surface area (Å²) in [5.74, 6) is 0.562. The van der Waals surface area contributed by atoms with Crippen LogP contribution in [0.5, 0.6) is 0 Å². The number of ether oxygens (including phenoxy) is 2. The standard InChI is InChI=1S/C42H44N4O5S/c43-36-11-3-4-12-37(36)46-40(49)14-6-5-13-39(48)45-26-33-9-1-2-10-35(33)30-20-22-32(23-21-30)42-50-34(28-52-41-15-7-8-24-44-41)25-38(51-42)31-18-16-29(27-47)17-19-31/h1-4,7-12,15-24,34,38,42,47H,5-6,13-14,25-28,43H2,(H,45,48)(H,46,49)/t34-,38+,42+/m0/s1. The van der Waals surface area contributed by atoms with Gasteiger partial charge < -0.3 is 30.9 Å². The van der Waals surface area contributed by atoms with Crippen LogP contribution in [0.15, 0.2) is 126 Å². The van der Waals surface area contributed by atoms with Crippen LogP contribution in [-0.4, -0.2) is 33.8 Å². The van der Waals surface area contributed by atoms with Crippen LogP contribution >= 0.6 is 11.8 Å². The van der Waals surface area contributed by atoms with Crippen molar-refractivity contribution < 1.29 is 24.2 Å². The summed E-state index contributed by atoms with van der Waals surface area (Å²) in [7, 11) is 0. The van der Waals surface area contributed by atoms with Gasteiger partial charge in [0.25, 0.3) is 0 Å². The summed E-state index contributed by atoms with van der Waals surface area (Å²) >= 11 is 1.67. The second-order valence-electron chi connectivity index (χ2n) is 12.7. The highest BCUT2D eigenvalue weighted by atomic mass is 32.2. The first kappa shape index (κ1) is 36.8. The van der Waals surface area contributed by atoms with Crippen LogP contribution in [0.1, 0.15) is 66.8 Å². The molecule has 4 aromatic carbocycles. The van der Waals surface area contributed by atoms with E-state index >= 15 is 0 Å². The molecule has 1 fully saturated rings. The lowest BCUT2D eigenvalue weighted by atomic mass is 9.97. The first-order valence-corrected chi connectivity index (χ1v) is 18.6. The number of amides is 2. The predicted octanol–water partition coefficient (Wildman–Crippen LogP) is 7.98. The Hall–Kier alpha value is -5.00. The monoisotopic (exact) mass is 716 g/mol. The maximum absolute atomic E-state index is 12.7. The lowest BCUT2D eigenvalue weighted by molar-refractivity contribution is -0.245. The number of thioether (sulfide) groups is 1. The Morgan fingerprint density at radius 2 is 1.52 bits per heavy atom. The number of unbranched alkanes of at least 4 members (excludes halogenated alkanes) is 1. The molecule has 5 N–H and O–H groups in total. The van der Waals surface area contributed by atoms with Gasteiger partial charge in [0.05, 0.1) is 35.2 Å². The zero-order valence-electron chi connectivity index (χ0n) is 28.9. The van der Waals surface area contributed by atoms with E-state index in [0.717, 1.165) is 44.2 Å². The SMILES string of the molecule is Nc1ccccc1NC(=O)CCCCC(=O)NCc1ccccc1-c1ccc([C@@H]2O[C@H](CSc3ccccn3)C[C@H](c3ccc(CO)cc3)O2)cc1. The summed E-state index contributed by atoms with van der Waals surface area (Å²) in [6.07, 6.45) is 3.57. The number of benzene rings is 4. The molecule has 1 aliphatic rings. The Morgan fingerprint density at radius 1 is 0.808 bits per heavy atom. The Morgan fingerprint density at radius 3 is 2.27 bits per heavy atom. The van der Waals surface area contributed by atoms with Gasteiger partial charge in [0.15, 0.2) is 6.29 Å². The van der Waals surface area contributed by atoms with Crippen molar-refractivity contribution in [2.75, 3.05) is 16.8 Å². The van der Waals surface area contributed by atoms with E-state index in [-0.39, 0.29) is 30.6 Å². The van der Waals surface area contributed by atoms with Crippen LogP contribution in [0, 0.1) is 0 Å². The molecule has 2 heterocycles. The highest BCUT2D eigenvalue weighted by molar-refractivity contribution is 7.99. The van der Waals surface area contributed by atoms with Gasteiger partial charge in [0.1, 0.15) is 0 Å². The molecule has 52 heavy (non-hydrogen) atoms. The molecule has 0 saturated carbocycles. The molecule has 0 bridgehead atoms. The molecule has 0 aliphatic carbocycles. The number of carbonyl (C=O) groups is 2. The zero-order valence-corrected chi connectivity index (χ0v) is 29.8. The average molecular weight is 717 g/mol. The molecule has 1 aliphatic heterocycles. The van der Waals surface area contributed by atoms with Gasteiger partial charge in [-0.2, -0.15) is 0 Å². The largest absolute Gasteiger partial charge is 0.397 e. The maximum Gasteiger partial charge on any atom is 0.224 e. The lowest BCUT2D eigenvalue weighted by Gasteiger charge is -2.36. The van der Waals surface area contributed by atoms with Crippen molar-refractivity contribution in [3.05, 3.63) is 144 Å². The van der Waals surface area contributed by atoms with E-state index in [1.807, 2.05) is 84.9 Å². The molecule has 0 unspecified atom stereocenters. The van der Waals surface area contributed by atoms with E-state index in [1.54, 1.807) is 30.1 Å². The van der Waals surface area contributed by atoms with Crippen molar-refractivity contribution in [1.29, 1.82) is 0 Å². The molecule has 1 saturated heterocycles. The van der Waals surface area contributed by atoms with Crippen molar-refractivity contribution in [2.45, 2.75) is 68.8 Å². The van der Waals surface area contributed by atoms with Crippen LogP contribution < -0.4 is 16.4 Å². The van der Waals surface area contributed by atoms with Crippen LogP contribution in [0.25, 0.3) is 11.1 Å². The molecule has 3 atom stereocenters. The van der Waals surface area contributed by atoms with E-state index in [4.69, 9.17) is 15.2 Å². The van der Waals surface area contributed by atoms with Crippen LogP contribution in [0.2, 0.25) is 0 Å². The summed E-state index contributed by atoms with van der Waals surface area (Å²) in [4.78, 5) is 29.5. The second kappa shape index (κ2) is 18.5. The zero-order chi connectivity index (χ0) is 36.1. The average Bonchev–Trinajstić information content (AvgIpc) is 3.19. The van der Waals surface area contributed by atoms with Gasteiger partial charge in [0, 0.05) is 43.3 Å². The first-order valence-electron chi connectivity index (χ1n) is 17.6. The number of rotatable bonds is 15. The molecule has 268 valence electrons. The Labute approximate surface area is 309 Å². The minimum Gasteiger partial charge on any atom is -0.397 e. The third-order valence-corrected chi connectivity index (χ3v) is 10.0. The summed E-state index contributed by atoms with van der Waals surface area (Å²) < 4.78 is 13.1. The van der Waals surface area contributed by atoms with E-state index in [1.165, 1.54) is 0 Å². The van der Waals surface area contributed by atoms with E-state index < -0.39 is 6.29 Å². The quantitative estimate of drug-likeness (QED) is 0.0487. The number of hydrogen-bond acceptors (Lipinski definition) is 8. The molecular weight excluding hydrogens is 673 g/mol. The van der Waals surface area contributed by atoms with Gasteiger partial charge in [-0.3, -0.25) is 9.59 Å². The molecule has 1 aromatic heterocycles. The Kier molecular flexibility index (Phi) is 13.1. The van der Waals surface area contributed by atoms with E-state index in [0.29, 0.717) is 50.0 Å². The third-order valence-electron chi connectivity index (χ3n) is 8.95. The Balaban J connectivity index is 1.05. The summed E-state index contributed by atoms with van der Waals surface area (Å²) in [5, 5.41) is 16.4. The van der Waals surface area contributed by atoms with Crippen molar-refractivity contribution in [2.24, 2.45) is 0 Å². The smallest absolute Gasteiger partial charge is 0.224 e. The predicted molar refractivity (Wildman–Crippen MR) is 205 cm³/mol. The molecule has 10 heteroatoms. The fraction of sp³-hybridized carbons (Fsp3) is 0.262. The molecular formula is C42H44N4O5S. The molecule has 5 aromatic rings. The maximum atomic E-state index is 12.7. The normalized spacial score (nSPS) is 17.0. The van der Waals surface area contributed by atoms with Gasteiger partial charge in [-0.15, -0.1) is 11.8 Å². The first-order chi connectivity index (χ1) is 25.4. The number of carbonyl (C=O) groups excluding carboxylic acids is 2. The minimum atomic E-state index is -0.559. The van der Waals surface area contributed by atoms with E-state index in [2.05, 4.69) is 33.8 Å². The number of nitrogen functional groups attached to an aromatic ring is 1.